The van der Waals surface area contributed by atoms with Gasteiger partial charge in [-0.25, -0.2) is 4.79 Å². The van der Waals surface area contributed by atoms with Crippen LogP contribution in [-0.4, -0.2) is 23.7 Å². The highest BCUT2D eigenvalue weighted by Gasteiger charge is 2.18. The average Bonchev–Trinajstić information content (AvgIpc) is 2.38. The summed E-state index contributed by atoms with van der Waals surface area (Å²) in [6.45, 7) is 3.16. The molecule has 1 rings (SSSR count). The van der Waals surface area contributed by atoms with Crippen LogP contribution in [0, 0.1) is 5.95 Å². The van der Waals surface area contributed by atoms with E-state index in [1.165, 1.54) is 0 Å². The van der Waals surface area contributed by atoms with Crippen LogP contribution >= 0.6 is 23.2 Å². The number of nitrogens with zero attached hydrogens (tertiary/aromatic N) is 1. The zero-order chi connectivity index (χ0) is 14.6. The molecule has 2 N–H and O–H groups in total. The third-order valence-electron chi connectivity index (χ3n) is 2.28. The molecular weight excluding hydrogens is 298 g/mol. The van der Waals surface area contributed by atoms with E-state index in [9.17, 15) is 9.18 Å². The second-order valence-electron chi connectivity index (χ2n) is 3.75. The summed E-state index contributed by atoms with van der Waals surface area (Å²) >= 11 is 11.3. The maximum absolute atomic E-state index is 13.2. The van der Waals surface area contributed by atoms with Crippen molar-refractivity contribution in [3.05, 3.63) is 16.0 Å². The van der Waals surface area contributed by atoms with Gasteiger partial charge in [-0.1, -0.05) is 30.1 Å². The number of carbonyl (C=O) groups is 1. The second-order valence-corrected chi connectivity index (χ2v) is 4.50. The molecule has 0 saturated heterocycles. The molecule has 0 spiro atoms. The molecule has 0 aliphatic heterocycles. The van der Waals surface area contributed by atoms with Crippen molar-refractivity contribution < 1.29 is 18.7 Å². The highest BCUT2D eigenvalue weighted by atomic mass is 35.5. The normalized spacial score (nSPS) is 12.1. The Balaban J connectivity index is 2.71. The second kappa shape index (κ2) is 6.77. The third kappa shape index (κ3) is 4.11. The SMILES string of the molecule is CCC(C)OC(=O)COc1nc(F)c(Cl)c(N)c1Cl. The lowest BCUT2D eigenvalue weighted by molar-refractivity contribution is -0.150. The Hall–Kier alpha value is -1.27. The highest BCUT2D eigenvalue weighted by Crippen LogP contribution is 2.35. The first-order chi connectivity index (χ1) is 8.86. The van der Waals surface area contributed by atoms with Crippen LogP contribution in [0.5, 0.6) is 5.88 Å². The van der Waals surface area contributed by atoms with Crippen LogP contribution in [0.4, 0.5) is 10.1 Å². The van der Waals surface area contributed by atoms with Crippen LogP contribution < -0.4 is 10.5 Å². The number of hydrogen-bond acceptors (Lipinski definition) is 5. The number of halogens is 3. The van der Waals surface area contributed by atoms with E-state index in [0.717, 1.165) is 0 Å². The number of ether oxygens (including phenoxy) is 2. The Bertz CT molecular complexity index is 485. The van der Waals surface area contributed by atoms with Gasteiger partial charge in [0.2, 0.25) is 11.8 Å². The van der Waals surface area contributed by atoms with Crippen molar-refractivity contribution in [1.29, 1.82) is 0 Å². The molecule has 0 amide bonds. The van der Waals surface area contributed by atoms with Gasteiger partial charge in [0.25, 0.3) is 0 Å². The monoisotopic (exact) mass is 310 g/mol. The summed E-state index contributed by atoms with van der Waals surface area (Å²) in [5.74, 6) is -1.93. The number of esters is 1. The molecule has 0 aliphatic carbocycles. The fourth-order valence-corrected chi connectivity index (χ4v) is 1.45. The summed E-state index contributed by atoms with van der Waals surface area (Å²) in [6, 6.07) is 0. The Morgan fingerprint density at radius 3 is 2.68 bits per heavy atom. The molecule has 0 saturated carbocycles. The zero-order valence-electron chi connectivity index (χ0n) is 10.4. The van der Waals surface area contributed by atoms with Crippen LogP contribution in [0.1, 0.15) is 20.3 Å². The fourth-order valence-electron chi connectivity index (χ4n) is 1.07. The van der Waals surface area contributed by atoms with Gasteiger partial charge in [-0.15, -0.1) is 0 Å². The van der Waals surface area contributed by atoms with Gasteiger partial charge in [0.15, 0.2) is 6.61 Å². The van der Waals surface area contributed by atoms with Gasteiger partial charge >= 0.3 is 5.97 Å². The van der Waals surface area contributed by atoms with Gasteiger partial charge in [0, 0.05) is 0 Å². The van der Waals surface area contributed by atoms with Crippen molar-refractivity contribution in [3.8, 4) is 5.88 Å². The van der Waals surface area contributed by atoms with Crippen molar-refractivity contribution in [3.63, 3.8) is 0 Å². The number of pyridine rings is 1. The number of rotatable bonds is 5. The first-order valence-electron chi connectivity index (χ1n) is 5.49. The molecule has 1 aromatic rings. The van der Waals surface area contributed by atoms with E-state index in [4.69, 9.17) is 38.4 Å². The number of hydrogen-bond donors (Lipinski definition) is 1. The van der Waals surface area contributed by atoms with E-state index >= 15 is 0 Å². The predicted octanol–water partition coefficient (Wildman–Crippen LogP) is 2.83. The maximum Gasteiger partial charge on any atom is 0.344 e. The van der Waals surface area contributed by atoms with Crippen LogP contribution in [0.3, 0.4) is 0 Å². The summed E-state index contributed by atoms with van der Waals surface area (Å²) in [7, 11) is 0. The minimum atomic E-state index is -1.02. The summed E-state index contributed by atoms with van der Waals surface area (Å²) in [6.07, 6.45) is 0.444. The fraction of sp³-hybridized carbons (Fsp3) is 0.455. The van der Waals surface area contributed by atoms with Crippen molar-refractivity contribution in [2.24, 2.45) is 0 Å². The summed E-state index contributed by atoms with van der Waals surface area (Å²) in [4.78, 5) is 14.7. The molecule has 8 heteroatoms. The third-order valence-corrected chi connectivity index (χ3v) is 3.00. The molecule has 106 valence electrons. The quantitative estimate of drug-likeness (QED) is 0.668. The number of nitrogen functional groups attached to an aromatic ring is 1. The van der Waals surface area contributed by atoms with Crippen LogP contribution in [-0.2, 0) is 9.53 Å². The first-order valence-corrected chi connectivity index (χ1v) is 6.24. The van der Waals surface area contributed by atoms with E-state index in [0.29, 0.717) is 6.42 Å². The standard InChI is InChI=1S/C11H13Cl2FN2O3/c1-3-5(2)19-6(17)4-18-11-8(13)9(15)7(12)10(14)16-11/h5H,3-4H2,1-2H3,(H2,15,16). The molecule has 1 atom stereocenters. The van der Waals surface area contributed by atoms with Crippen LogP contribution in [0.15, 0.2) is 0 Å². The van der Waals surface area contributed by atoms with E-state index < -0.39 is 18.5 Å². The predicted molar refractivity (Wildman–Crippen MR) is 70.0 cm³/mol. The molecule has 0 aliphatic rings. The molecule has 0 aromatic carbocycles. The average molecular weight is 311 g/mol. The Morgan fingerprint density at radius 1 is 1.47 bits per heavy atom. The van der Waals surface area contributed by atoms with Crippen molar-refractivity contribution in [2.45, 2.75) is 26.4 Å². The van der Waals surface area contributed by atoms with Crippen LogP contribution in [0.25, 0.3) is 0 Å². The molecule has 1 heterocycles. The number of anilines is 1. The largest absolute Gasteiger partial charge is 0.464 e. The molecule has 0 radical (unpaired) electrons. The minimum absolute atomic E-state index is 0.150. The van der Waals surface area contributed by atoms with Gasteiger partial charge < -0.3 is 15.2 Å². The Morgan fingerprint density at radius 2 is 2.11 bits per heavy atom. The molecule has 5 nitrogen and oxygen atoms in total. The molecule has 0 bridgehead atoms. The van der Waals surface area contributed by atoms with E-state index in [-0.39, 0.29) is 27.7 Å². The number of nitrogens with two attached hydrogens (primary N) is 1. The Kier molecular flexibility index (Phi) is 5.62. The molecular formula is C11H13Cl2FN2O3. The van der Waals surface area contributed by atoms with E-state index in [1.54, 1.807) is 6.92 Å². The molecule has 1 aromatic heterocycles. The van der Waals surface area contributed by atoms with Gasteiger partial charge in [0.1, 0.15) is 10.0 Å². The molecule has 19 heavy (non-hydrogen) atoms. The highest BCUT2D eigenvalue weighted by molar-refractivity contribution is 6.39. The lowest BCUT2D eigenvalue weighted by Gasteiger charge is -2.12. The van der Waals surface area contributed by atoms with Gasteiger partial charge in [-0.3, -0.25) is 0 Å². The Labute approximate surface area is 119 Å². The van der Waals surface area contributed by atoms with Crippen molar-refractivity contribution in [1.82, 2.24) is 4.98 Å². The maximum atomic E-state index is 13.2. The minimum Gasteiger partial charge on any atom is -0.464 e. The zero-order valence-corrected chi connectivity index (χ0v) is 11.9. The lowest BCUT2D eigenvalue weighted by atomic mass is 10.3. The van der Waals surface area contributed by atoms with Crippen LogP contribution in [0.2, 0.25) is 10.0 Å². The van der Waals surface area contributed by atoms with E-state index in [2.05, 4.69) is 4.98 Å². The summed E-state index contributed by atoms with van der Waals surface area (Å²) in [5, 5.41) is -0.540. The smallest absolute Gasteiger partial charge is 0.344 e. The summed E-state index contributed by atoms with van der Waals surface area (Å²) in [5.41, 5.74) is 5.26. The van der Waals surface area contributed by atoms with Crippen molar-refractivity contribution in [2.75, 3.05) is 12.3 Å². The summed E-state index contributed by atoms with van der Waals surface area (Å²) < 4.78 is 23.2. The molecule has 0 fully saturated rings. The van der Waals surface area contributed by atoms with Gasteiger partial charge in [0.05, 0.1) is 11.8 Å². The van der Waals surface area contributed by atoms with E-state index in [1.807, 2.05) is 6.92 Å². The van der Waals surface area contributed by atoms with Gasteiger partial charge in [-0.05, 0) is 13.3 Å². The number of aromatic nitrogens is 1. The molecule has 1 unspecified atom stereocenters. The first kappa shape index (κ1) is 15.8. The van der Waals surface area contributed by atoms with Crippen molar-refractivity contribution >= 4 is 34.9 Å². The topological polar surface area (TPSA) is 74.4 Å². The lowest BCUT2D eigenvalue weighted by Crippen LogP contribution is -2.20. The van der Waals surface area contributed by atoms with Gasteiger partial charge in [-0.2, -0.15) is 9.37 Å². The number of carbonyl (C=O) groups excluding carboxylic acids is 1.